The van der Waals surface area contributed by atoms with Crippen LogP contribution in [0.1, 0.15) is 29.7 Å². The SMILES string of the molecule is CCOc1ccc(C2/C(=C(\O)c3cc(C)cc(Cl)c3OC)C(=O)C(=O)N2CCN(C)C)cc1. The van der Waals surface area contributed by atoms with Crippen molar-refractivity contribution >= 4 is 29.1 Å². The topological polar surface area (TPSA) is 79.3 Å². The van der Waals surface area contributed by atoms with Gasteiger partial charge in [0.15, 0.2) is 0 Å². The molecule has 0 saturated carbocycles. The first kappa shape index (κ1) is 24.6. The van der Waals surface area contributed by atoms with Crippen LogP contribution in [-0.4, -0.2) is 67.5 Å². The first-order chi connectivity index (χ1) is 15.7. The van der Waals surface area contributed by atoms with E-state index in [1.54, 1.807) is 36.4 Å². The van der Waals surface area contributed by atoms with Gasteiger partial charge in [0.05, 0.1) is 35.9 Å². The second-order valence-electron chi connectivity index (χ2n) is 8.13. The number of ether oxygens (including phenoxy) is 2. The lowest BCUT2D eigenvalue weighted by atomic mass is 9.94. The predicted molar refractivity (Wildman–Crippen MR) is 128 cm³/mol. The first-order valence-corrected chi connectivity index (χ1v) is 11.1. The van der Waals surface area contributed by atoms with Crippen molar-refractivity contribution in [2.45, 2.75) is 19.9 Å². The van der Waals surface area contributed by atoms with Crippen LogP contribution in [0.15, 0.2) is 42.0 Å². The molecule has 1 N–H and O–H groups in total. The van der Waals surface area contributed by atoms with Crippen LogP contribution in [0.2, 0.25) is 5.02 Å². The summed E-state index contributed by atoms with van der Waals surface area (Å²) in [4.78, 5) is 29.6. The van der Waals surface area contributed by atoms with Crippen LogP contribution in [0.4, 0.5) is 0 Å². The zero-order chi connectivity index (χ0) is 24.3. The average molecular weight is 473 g/mol. The van der Waals surface area contributed by atoms with Gasteiger partial charge in [-0.15, -0.1) is 0 Å². The smallest absolute Gasteiger partial charge is 0.295 e. The summed E-state index contributed by atoms with van der Waals surface area (Å²) < 4.78 is 10.9. The minimum atomic E-state index is -0.760. The molecule has 1 heterocycles. The third-order valence-corrected chi connectivity index (χ3v) is 5.76. The minimum Gasteiger partial charge on any atom is -0.507 e. The molecule has 33 heavy (non-hydrogen) atoms. The Morgan fingerprint density at radius 2 is 1.85 bits per heavy atom. The number of carbonyl (C=O) groups excluding carboxylic acids is 2. The van der Waals surface area contributed by atoms with Crippen molar-refractivity contribution in [3.05, 3.63) is 63.7 Å². The molecule has 1 saturated heterocycles. The van der Waals surface area contributed by atoms with Gasteiger partial charge in [0, 0.05) is 13.1 Å². The molecule has 1 aliphatic heterocycles. The maximum Gasteiger partial charge on any atom is 0.295 e. The van der Waals surface area contributed by atoms with Crippen LogP contribution in [0.5, 0.6) is 11.5 Å². The van der Waals surface area contributed by atoms with E-state index in [1.165, 1.54) is 12.0 Å². The van der Waals surface area contributed by atoms with Crippen LogP contribution in [-0.2, 0) is 9.59 Å². The van der Waals surface area contributed by atoms with Gasteiger partial charge < -0.3 is 24.4 Å². The van der Waals surface area contributed by atoms with E-state index < -0.39 is 17.7 Å². The monoisotopic (exact) mass is 472 g/mol. The van der Waals surface area contributed by atoms with E-state index in [4.69, 9.17) is 21.1 Å². The van der Waals surface area contributed by atoms with Crippen molar-refractivity contribution in [2.24, 2.45) is 0 Å². The van der Waals surface area contributed by atoms with Gasteiger partial charge in [0.2, 0.25) is 0 Å². The maximum absolute atomic E-state index is 13.2. The van der Waals surface area contributed by atoms with Crippen LogP contribution >= 0.6 is 11.6 Å². The number of hydrogen-bond acceptors (Lipinski definition) is 6. The average Bonchev–Trinajstić information content (AvgIpc) is 3.02. The van der Waals surface area contributed by atoms with Crippen LogP contribution < -0.4 is 9.47 Å². The van der Waals surface area contributed by atoms with E-state index in [1.807, 2.05) is 32.8 Å². The van der Waals surface area contributed by atoms with E-state index in [0.717, 1.165) is 5.56 Å². The summed E-state index contributed by atoms with van der Waals surface area (Å²) in [5, 5.41) is 11.6. The summed E-state index contributed by atoms with van der Waals surface area (Å²) in [6.45, 7) is 5.11. The fraction of sp³-hybridized carbons (Fsp3) is 0.360. The van der Waals surface area contributed by atoms with E-state index in [2.05, 4.69) is 0 Å². The number of amides is 1. The number of rotatable bonds is 8. The van der Waals surface area contributed by atoms with Crippen molar-refractivity contribution in [3.8, 4) is 11.5 Å². The first-order valence-electron chi connectivity index (χ1n) is 10.7. The Morgan fingerprint density at radius 3 is 2.42 bits per heavy atom. The molecular formula is C25H29ClN2O5. The molecular weight excluding hydrogens is 444 g/mol. The van der Waals surface area contributed by atoms with E-state index in [-0.39, 0.29) is 22.6 Å². The van der Waals surface area contributed by atoms with E-state index in [0.29, 0.717) is 36.0 Å². The van der Waals surface area contributed by atoms with Gasteiger partial charge in [-0.2, -0.15) is 0 Å². The largest absolute Gasteiger partial charge is 0.507 e. The molecule has 0 bridgehead atoms. The zero-order valence-electron chi connectivity index (χ0n) is 19.5. The lowest BCUT2D eigenvalue weighted by Crippen LogP contribution is -2.35. The van der Waals surface area contributed by atoms with Crippen molar-refractivity contribution < 1.29 is 24.2 Å². The Labute approximate surface area is 199 Å². The number of aliphatic hydroxyl groups is 1. The van der Waals surface area contributed by atoms with Gasteiger partial charge >= 0.3 is 0 Å². The third kappa shape index (κ3) is 4.99. The fourth-order valence-electron chi connectivity index (χ4n) is 3.94. The number of carbonyl (C=O) groups is 2. The van der Waals surface area contributed by atoms with E-state index >= 15 is 0 Å². The highest BCUT2D eigenvalue weighted by molar-refractivity contribution is 6.46. The Balaban J connectivity index is 2.20. The summed E-state index contributed by atoms with van der Waals surface area (Å²) in [7, 11) is 5.22. The van der Waals surface area contributed by atoms with Gasteiger partial charge in [0.1, 0.15) is 17.3 Å². The number of nitrogens with zero attached hydrogens (tertiary/aromatic N) is 2. The molecule has 0 aliphatic carbocycles. The van der Waals surface area contributed by atoms with E-state index in [9.17, 15) is 14.7 Å². The van der Waals surface area contributed by atoms with Crippen LogP contribution in [0, 0.1) is 6.92 Å². The number of Topliss-reactive ketones (excluding diaryl/α,β-unsaturated/α-hetero) is 1. The molecule has 0 aromatic heterocycles. The number of methoxy groups -OCH3 is 1. The summed E-state index contributed by atoms with van der Waals surface area (Å²) >= 11 is 6.32. The molecule has 1 amide bonds. The van der Waals surface area contributed by atoms with Crippen molar-refractivity contribution in [2.75, 3.05) is 40.9 Å². The summed E-state index contributed by atoms with van der Waals surface area (Å²) in [5.41, 5.74) is 1.74. The van der Waals surface area contributed by atoms with Crippen molar-refractivity contribution in [3.63, 3.8) is 0 Å². The quantitative estimate of drug-likeness (QED) is 0.355. The van der Waals surface area contributed by atoms with Gasteiger partial charge in [-0.05, 0) is 63.3 Å². The zero-order valence-corrected chi connectivity index (χ0v) is 20.3. The van der Waals surface area contributed by atoms with Crippen LogP contribution in [0.3, 0.4) is 0 Å². The lowest BCUT2D eigenvalue weighted by Gasteiger charge is -2.27. The summed E-state index contributed by atoms with van der Waals surface area (Å²) in [6.07, 6.45) is 0. The maximum atomic E-state index is 13.2. The molecule has 0 spiro atoms. The number of benzene rings is 2. The Kier molecular flexibility index (Phi) is 7.66. The molecule has 2 aromatic rings. The number of ketones is 1. The molecule has 1 atom stereocenters. The molecule has 1 unspecified atom stereocenters. The second kappa shape index (κ2) is 10.3. The van der Waals surface area contributed by atoms with Crippen molar-refractivity contribution in [1.29, 1.82) is 0 Å². The number of hydrogen-bond donors (Lipinski definition) is 1. The Morgan fingerprint density at radius 1 is 1.18 bits per heavy atom. The number of aliphatic hydroxyl groups excluding tert-OH is 1. The number of likely N-dealkylation sites (tertiary alicyclic amines) is 1. The normalized spacial score (nSPS) is 17.7. The highest BCUT2D eigenvalue weighted by atomic mass is 35.5. The number of aryl methyl sites for hydroxylation is 1. The molecule has 1 fully saturated rings. The molecule has 7 nitrogen and oxygen atoms in total. The molecule has 176 valence electrons. The van der Waals surface area contributed by atoms with Gasteiger partial charge in [-0.3, -0.25) is 9.59 Å². The third-order valence-electron chi connectivity index (χ3n) is 5.48. The minimum absolute atomic E-state index is 0.00267. The molecule has 2 aromatic carbocycles. The van der Waals surface area contributed by atoms with Gasteiger partial charge in [-0.25, -0.2) is 0 Å². The standard InChI is InChI=1S/C25H29ClN2O5/c1-6-33-17-9-7-16(8-10-17)21-20(23(30)25(31)28(21)12-11-27(3)4)22(29)18-13-15(2)14-19(26)24(18)32-5/h7-10,13-14,21,29H,6,11-12H2,1-5H3/b22-20+. The summed E-state index contributed by atoms with van der Waals surface area (Å²) in [6, 6.07) is 9.81. The molecule has 3 rings (SSSR count). The highest BCUT2D eigenvalue weighted by Gasteiger charge is 2.46. The van der Waals surface area contributed by atoms with Crippen molar-refractivity contribution in [1.82, 2.24) is 9.80 Å². The van der Waals surface area contributed by atoms with Gasteiger partial charge in [-0.1, -0.05) is 23.7 Å². The number of halogens is 1. The lowest BCUT2D eigenvalue weighted by molar-refractivity contribution is -0.140. The molecule has 1 aliphatic rings. The van der Waals surface area contributed by atoms with Crippen LogP contribution in [0.25, 0.3) is 5.76 Å². The highest BCUT2D eigenvalue weighted by Crippen LogP contribution is 2.42. The van der Waals surface area contributed by atoms with Gasteiger partial charge in [0.25, 0.3) is 11.7 Å². The summed E-state index contributed by atoms with van der Waals surface area (Å²) in [5.74, 6) is -0.801. The fourth-order valence-corrected chi connectivity index (χ4v) is 4.29. The number of likely N-dealkylation sites (N-methyl/N-ethyl adjacent to an activating group) is 1. The Bertz CT molecular complexity index is 1080. The molecule has 8 heteroatoms. The predicted octanol–water partition coefficient (Wildman–Crippen LogP) is 4.04. The second-order valence-corrected chi connectivity index (χ2v) is 8.53. The Hall–Kier alpha value is -3.03. The molecule has 0 radical (unpaired) electrons.